The van der Waals surface area contributed by atoms with Crippen LogP contribution in [0.2, 0.25) is 0 Å². The number of nitrogens with zero attached hydrogens (tertiary/aromatic N) is 2. The van der Waals surface area contributed by atoms with E-state index in [4.69, 9.17) is 11.6 Å². The van der Waals surface area contributed by atoms with Gasteiger partial charge in [-0.1, -0.05) is 19.9 Å². The zero-order valence-corrected chi connectivity index (χ0v) is 10.8. The van der Waals surface area contributed by atoms with Crippen molar-refractivity contribution in [3.63, 3.8) is 0 Å². The van der Waals surface area contributed by atoms with Crippen LogP contribution in [-0.2, 0) is 12.4 Å². The molecular weight excluding hydrogens is 220 g/mol. The van der Waals surface area contributed by atoms with Gasteiger partial charge in [-0.3, -0.25) is 0 Å². The maximum atomic E-state index is 5.90. The fraction of sp³-hybridized carbons (Fsp3) is 0.462. The lowest BCUT2D eigenvalue weighted by Crippen LogP contribution is -1.98. The number of hydrogen-bond acceptors (Lipinski definition) is 1. The molecule has 0 aliphatic rings. The van der Waals surface area contributed by atoms with Gasteiger partial charge in [0.2, 0.25) is 0 Å². The fourth-order valence-electron chi connectivity index (χ4n) is 2.01. The molecule has 0 spiro atoms. The highest BCUT2D eigenvalue weighted by Gasteiger charge is 2.09. The Morgan fingerprint density at radius 1 is 1.38 bits per heavy atom. The number of aromatic nitrogens is 2. The molecule has 0 saturated carbocycles. The predicted octanol–water partition coefficient (Wildman–Crippen LogP) is 3.92. The highest BCUT2D eigenvalue weighted by Crippen LogP contribution is 2.22. The van der Waals surface area contributed by atoms with Crippen LogP contribution in [0.5, 0.6) is 0 Å². The maximum Gasteiger partial charge on any atom is 0.124 e. The summed E-state index contributed by atoms with van der Waals surface area (Å²) >= 11 is 5.90. The molecule has 0 bridgehead atoms. The van der Waals surface area contributed by atoms with Gasteiger partial charge in [0.05, 0.1) is 16.9 Å². The van der Waals surface area contributed by atoms with Crippen molar-refractivity contribution in [2.45, 2.75) is 39.1 Å². The van der Waals surface area contributed by atoms with Crippen LogP contribution in [0.25, 0.3) is 11.0 Å². The molecule has 2 nitrogen and oxygen atoms in total. The van der Waals surface area contributed by atoms with Gasteiger partial charge in [-0.05, 0) is 30.5 Å². The Bertz CT molecular complexity index is 500. The zero-order chi connectivity index (χ0) is 11.7. The predicted molar refractivity (Wildman–Crippen MR) is 69.1 cm³/mol. The molecule has 2 rings (SSSR count). The Labute approximate surface area is 101 Å². The van der Waals surface area contributed by atoms with Crippen molar-refractivity contribution in [1.82, 2.24) is 9.55 Å². The van der Waals surface area contributed by atoms with E-state index in [1.165, 1.54) is 11.1 Å². The van der Waals surface area contributed by atoms with Crippen molar-refractivity contribution in [1.29, 1.82) is 0 Å². The standard InChI is InChI=1S/C13H17ClN2/c1-4-16-12-6-5-10(9(2)3)7-11(12)15-13(16)8-14/h5-7,9H,4,8H2,1-3H3. The minimum Gasteiger partial charge on any atom is -0.327 e. The third-order valence-corrected chi connectivity index (χ3v) is 3.19. The average Bonchev–Trinajstić information content (AvgIpc) is 2.65. The number of rotatable bonds is 3. The van der Waals surface area contributed by atoms with Gasteiger partial charge in [0.1, 0.15) is 5.82 Å². The molecule has 0 aliphatic carbocycles. The first kappa shape index (κ1) is 11.5. The van der Waals surface area contributed by atoms with E-state index in [2.05, 4.69) is 48.5 Å². The molecule has 2 aromatic rings. The van der Waals surface area contributed by atoms with Crippen molar-refractivity contribution in [2.24, 2.45) is 0 Å². The second kappa shape index (κ2) is 4.46. The summed E-state index contributed by atoms with van der Waals surface area (Å²) in [6.07, 6.45) is 0. The maximum absolute atomic E-state index is 5.90. The summed E-state index contributed by atoms with van der Waals surface area (Å²) < 4.78 is 2.17. The molecule has 0 atom stereocenters. The van der Waals surface area contributed by atoms with Gasteiger partial charge in [-0.25, -0.2) is 4.98 Å². The highest BCUT2D eigenvalue weighted by atomic mass is 35.5. The van der Waals surface area contributed by atoms with Crippen LogP contribution < -0.4 is 0 Å². The molecule has 0 saturated heterocycles. The molecule has 0 amide bonds. The quantitative estimate of drug-likeness (QED) is 0.739. The first-order valence-electron chi connectivity index (χ1n) is 5.72. The summed E-state index contributed by atoms with van der Waals surface area (Å²) in [6.45, 7) is 7.42. The minimum atomic E-state index is 0.472. The third kappa shape index (κ3) is 1.82. The van der Waals surface area contributed by atoms with Crippen molar-refractivity contribution in [2.75, 3.05) is 0 Å². The van der Waals surface area contributed by atoms with Gasteiger partial charge in [0.15, 0.2) is 0 Å². The Hall–Kier alpha value is -1.02. The lowest BCUT2D eigenvalue weighted by molar-refractivity contribution is 0.747. The number of benzene rings is 1. The average molecular weight is 237 g/mol. The van der Waals surface area contributed by atoms with E-state index >= 15 is 0 Å². The second-order valence-electron chi connectivity index (χ2n) is 4.31. The topological polar surface area (TPSA) is 17.8 Å². The molecule has 0 aliphatic heterocycles. The zero-order valence-electron chi connectivity index (χ0n) is 10.00. The molecule has 16 heavy (non-hydrogen) atoms. The van der Waals surface area contributed by atoms with Gasteiger partial charge >= 0.3 is 0 Å². The number of imidazole rings is 1. The molecule has 0 fully saturated rings. The molecule has 86 valence electrons. The van der Waals surface area contributed by atoms with Gasteiger partial charge in [0.25, 0.3) is 0 Å². The van der Waals surface area contributed by atoms with E-state index in [-0.39, 0.29) is 0 Å². The second-order valence-corrected chi connectivity index (χ2v) is 4.58. The van der Waals surface area contributed by atoms with Gasteiger partial charge in [0, 0.05) is 6.54 Å². The van der Waals surface area contributed by atoms with Crippen molar-refractivity contribution >= 4 is 22.6 Å². The first-order chi connectivity index (χ1) is 7.67. The van der Waals surface area contributed by atoms with Crippen molar-refractivity contribution in [3.05, 3.63) is 29.6 Å². The Kier molecular flexibility index (Phi) is 3.20. The van der Waals surface area contributed by atoms with Crippen LogP contribution in [0.1, 0.15) is 38.1 Å². The Morgan fingerprint density at radius 3 is 2.69 bits per heavy atom. The first-order valence-corrected chi connectivity index (χ1v) is 6.25. The summed E-state index contributed by atoms with van der Waals surface area (Å²) in [6, 6.07) is 6.50. The summed E-state index contributed by atoms with van der Waals surface area (Å²) in [5.74, 6) is 1.97. The van der Waals surface area contributed by atoms with E-state index in [9.17, 15) is 0 Å². The van der Waals surface area contributed by atoms with Crippen LogP contribution in [0.15, 0.2) is 18.2 Å². The lowest BCUT2D eigenvalue weighted by atomic mass is 10.0. The third-order valence-electron chi connectivity index (χ3n) is 2.95. The van der Waals surface area contributed by atoms with E-state index in [1.54, 1.807) is 0 Å². The number of halogens is 1. The Balaban J connectivity index is 2.63. The molecule has 3 heteroatoms. The van der Waals surface area contributed by atoms with Crippen molar-refractivity contribution in [3.8, 4) is 0 Å². The largest absolute Gasteiger partial charge is 0.327 e. The molecule has 0 unspecified atom stereocenters. The summed E-state index contributed by atoms with van der Waals surface area (Å²) in [5.41, 5.74) is 3.57. The van der Waals surface area contributed by atoms with E-state index in [1.807, 2.05) is 0 Å². The molecule has 0 N–H and O–H groups in total. The highest BCUT2D eigenvalue weighted by molar-refractivity contribution is 6.16. The normalized spacial score (nSPS) is 11.6. The van der Waals surface area contributed by atoms with Gasteiger partial charge in [-0.15, -0.1) is 11.6 Å². The fourth-order valence-corrected chi connectivity index (χ4v) is 2.21. The summed E-state index contributed by atoms with van der Waals surface area (Å²) in [7, 11) is 0. The molecule has 0 radical (unpaired) electrons. The smallest absolute Gasteiger partial charge is 0.124 e. The number of hydrogen-bond donors (Lipinski definition) is 0. The van der Waals surface area contributed by atoms with Crippen LogP contribution in [-0.4, -0.2) is 9.55 Å². The summed E-state index contributed by atoms with van der Waals surface area (Å²) in [5, 5.41) is 0. The molecule has 1 aromatic carbocycles. The summed E-state index contributed by atoms with van der Waals surface area (Å²) in [4.78, 5) is 4.58. The molecular formula is C13H17ClN2. The monoisotopic (exact) mass is 236 g/mol. The van der Waals surface area contributed by atoms with Gasteiger partial charge < -0.3 is 4.57 Å². The SMILES string of the molecule is CCn1c(CCl)nc2cc(C(C)C)ccc21. The lowest BCUT2D eigenvalue weighted by Gasteiger charge is -2.06. The molecule has 1 heterocycles. The molecule has 1 aromatic heterocycles. The van der Waals surface area contributed by atoms with Crippen LogP contribution >= 0.6 is 11.6 Å². The minimum absolute atomic E-state index is 0.472. The van der Waals surface area contributed by atoms with E-state index in [0.29, 0.717) is 11.8 Å². The van der Waals surface area contributed by atoms with Gasteiger partial charge in [-0.2, -0.15) is 0 Å². The van der Waals surface area contributed by atoms with E-state index in [0.717, 1.165) is 17.9 Å². The van der Waals surface area contributed by atoms with Crippen molar-refractivity contribution < 1.29 is 0 Å². The van der Waals surface area contributed by atoms with Crippen LogP contribution in [0, 0.1) is 0 Å². The van der Waals surface area contributed by atoms with E-state index < -0.39 is 0 Å². The Morgan fingerprint density at radius 2 is 2.12 bits per heavy atom. The van der Waals surface area contributed by atoms with Crippen LogP contribution in [0.4, 0.5) is 0 Å². The number of alkyl halides is 1. The number of fused-ring (bicyclic) bond motifs is 1. The number of aryl methyl sites for hydroxylation is 1. The van der Waals surface area contributed by atoms with Crippen LogP contribution in [0.3, 0.4) is 0 Å².